The summed E-state index contributed by atoms with van der Waals surface area (Å²) in [5.41, 5.74) is 6.17. The van der Waals surface area contributed by atoms with E-state index in [-0.39, 0.29) is 27.9 Å². The largest absolute Gasteiger partial charge is 0.459 e. The maximum Gasteiger partial charge on any atom is 0.340 e. The Kier molecular flexibility index (Phi) is 3.75. The Morgan fingerprint density at radius 3 is 2.69 bits per heavy atom. The summed E-state index contributed by atoms with van der Waals surface area (Å²) in [6.07, 6.45) is -0.253. The SMILES string of the molecule is CC(C)OC(=O)c1cc(C#N)cc(Cl)c1N. The van der Waals surface area contributed by atoms with Gasteiger partial charge in [-0.05, 0) is 26.0 Å². The molecule has 0 heterocycles. The van der Waals surface area contributed by atoms with Crippen molar-refractivity contribution in [1.82, 2.24) is 0 Å². The highest BCUT2D eigenvalue weighted by molar-refractivity contribution is 6.34. The third kappa shape index (κ3) is 2.65. The van der Waals surface area contributed by atoms with E-state index in [4.69, 9.17) is 27.3 Å². The summed E-state index contributed by atoms with van der Waals surface area (Å²) >= 11 is 5.79. The molecule has 0 radical (unpaired) electrons. The van der Waals surface area contributed by atoms with Gasteiger partial charge in [0.2, 0.25) is 0 Å². The molecule has 0 fully saturated rings. The first-order valence-electron chi connectivity index (χ1n) is 4.65. The first-order valence-corrected chi connectivity index (χ1v) is 5.03. The zero-order valence-corrected chi connectivity index (χ0v) is 9.71. The van der Waals surface area contributed by atoms with Gasteiger partial charge in [0.25, 0.3) is 0 Å². The molecule has 2 N–H and O–H groups in total. The van der Waals surface area contributed by atoms with Crippen molar-refractivity contribution in [2.75, 3.05) is 5.73 Å². The van der Waals surface area contributed by atoms with Crippen molar-refractivity contribution >= 4 is 23.3 Å². The van der Waals surface area contributed by atoms with E-state index in [0.29, 0.717) is 0 Å². The van der Waals surface area contributed by atoms with E-state index in [0.717, 1.165) is 0 Å². The Morgan fingerprint density at radius 2 is 2.19 bits per heavy atom. The molecule has 0 aromatic heterocycles. The minimum atomic E-state index is -0.577. The van der Waals surface area contributed by atoms with Crippen LogP contribution in [0.1, 0.15) is 29.8 Å². The average Bonchev–Trinajstić information content (AvgIpc) is 2.20. The molecule has 5 heteroatoms. The molecule has 0 atom stereocenters. The topological polar surface area (TPSA) is 76.1 Å². The number of nitriles is 1. The number of esters is 1. The number of hydrogen-bond donors (Lipinski definition) is 1. The molecule has 1 rings (SSSR count). The van der Waals surface area contributed by atoms with Crippen LogP contribution in [0.25, 0.3) is 0 Å². The lowest BCUT2D eigenvalue weighted by molar-refractivity contribution is 0.0379. The van der Waals surface area contributed by atoms with E-state index in [2.05, 4.69) is 0 Å². The van der Waals surface area contributed by atoms with E-state index < -0.39 is 5.97 Å². The Hall–Kier alpha value is -1.73. The van der Waals surface area contributed by atoms with Crippen molar-refractivity contribution in [3.8, 4) is 6.07 Å². The monoisotopic (exact) mass is 238 g/mol. The zero-order chi connectivity index (χ0) is 12.3. The molecule has 16 heavy (non-hydrogen) atoms. The van der Waals surface area contributed by atoms with Crippen LogP contribution in [0.2, 0.25) is 5.02 Å². The van der Waals surface area contributed by atoms with Crippen molar-refractivity contribution in [3.63, 3.8) is 0 Å². The van der Waals surface area contributed by atoms with Crippen molar-refractivity contribution in [2.45, 2.75) is 20.0 Å². The van der Waals surface area contributed by atoms with Gasteiger partial charge in [-0.2, -0.15) is 5.26 Å². The highest BCUT2D eigenvalue weighted by Gasteiger charge is 2.16. The van der Waals surface area contributed by atoms with Gasteiger partial charge >= 0.3 is 5.97 Å². The van der Waals surface area contributed by atoms with Gasteiger partial charge in [-0.25, -0.2) is 4.79 Å². The molecule has 0 unspecified atom stereocenters. The van der Waals surface area contributed by atoms with Crippen molar-refractivity contribution in [2.24, 2.45) is 0 Å². The van der Waals surface area contributed by atoms with Crippen molar-refractivity contribution in [1.29, 1.82) is 5.26 Å². The van der Waals surface area contributed by atoms with Crippen LogP contribution in [-0.4, -0.2) is 12.1 Å². The average molecular weight is 239 g/mol. The van der Waals surface area contributed by atoms with Gasteiger partial charge in [-0.15, -0.1) is 0 Å². The van der Waals surface area contributed by atoms with E-state index >= 15 is 0 Å². The molecular weight excluding hydrogens is 228 g/mol. The molecule has 84 valence electrons. The van der Waals surface area contributed by atoms with Crippen LogP contribution in [0.5, 0.6) is 0 Å². The molecule has 4 nitrogen and oxygen atoms in total. The lowest BCUT2D eigenvalue weighted by Gasteiger charge is -2.10. The predicted octanol–water partition coefficient (Wildman–Crippen LogP) is 2.36. The van der Waals surface area contributed by atoms with Gasteiger partial charge in [0.05, 0.1) is 34.0 Å². The van der Waals surface area contributed by atoms with Crippen LogP contribution in [-0.2, 0) is 4.74 Å². The first-order chi connectivity index (χ1) is 7.45. The van der Waals surface area contributed by atoms with Gasteiger partial charge in [0, 0.05) is 0 Å². The number of benzene rings is 1. The van der Waals surface area contributed by atoms with Crippen molar-refractivity contribution in [3.05, 3.63) is 28.3 Å². The molecule has 1 aromatic carbocycles. The van der Waals surface area contributed by atoms with Crippen LogP contribution in [0.4, 0.5) is 5.69 Å². The number of nitrogens with two attached hydrogens (primary N) is 1. The Morgan fingerprint density at radius 1 is 1.56 bits per heavy atom. The van der Waals surface area contributed by atoms with E-state index in [1.54, 1.807) is 13.8 Å². The molecule has 0 aliphatic rings. The van der Waals surface area contributed by atoms with Crippen LogP contribution in [0.15, 0.2) is 12.1 Å². The lowest BCUT2D eigenvalue weighted by atomic mass is 10.1. The van der Waals surface area contributed by atoms with Crippen LogP contribution in [0.3, 0.4) is 0 Å². The van der Waals surface area contributed by atoms with E-state index in [1.165, 1.54) is 12.1 Å². The summed E-state index contributed by atoms with van der Waals surface area (Å²) in [7, 11) is 0. The Bertz CT molecular complexity index is 464. The predicted molar refractivity (Wildman–Crippen MR) is 61.1 cm³/mol. The summed E-state index contributed by atoms with van der Waals surface area (Å²) in [5, 5.41) is 8.92. The summed E-state index contributed by atoms with van der Waals surface area (Å²) < 4.78 is 4.98. The number of nitrogen functional groups attached to an aromatic ring is 1. The summed E-state index contributed by atoms with van der Waals surface area (Å²) in [4.78, 5) is 11.6. The number of halogens is 1. The normalized spacial score (nSPS) is 9.94. The van der Waals surface area contributed by atoms with Crippen LogP contribution < -0.4 is 5.73 Å². The van der Waals surface area contributed by atoms with E-state index in [9.17, 15) is 4.79 Å². The second kappa shape index (κ2) is 4.86. The second-order valence-corrected chi connectivity index (χ2v) is 3.89. The number of carbonyl (C=O) groups excluding carboxylic acids is 1. The molecule has 1 aromatic rings. The summed E-state index contributed by atoms with van der Waals surface area (Å²) in [6.45, 7) is 3.45. The molecule has 0 aliphatic carbocycles. The van der Waals surface area contributed by atoms with Crippen molar-refractivity contribution < 1.29 is 9.53 Å². The molecule has 0 amide bonds. The quantitative estimate of drug-likeness (QED) is 0.634. The minimum absolute atomic E-state index is 0.123. The third-order valence-corrected chi connectivity index (χ3v) is 2.13. The highest BCUT2D eigenvalue weighted by Crippen LogP contribution is 2.25. The smallest absolute Gasteiger partial charge is 0.340 e. The standard InChI is InChI=1S/C11H11ClN2O2/c1-6(2)16-11(15)8-3-7(5-13)4-9(12)10(8)14/h3-4,6H,14H2,1-2H3. The molecular formula is C11H11ClN2O2. The maximum atomic E-state index is 11.6. The Balaban J connectivity index is 3.18. The molecule has 0 saturated carbocycles. The maximum absolute atomic E-state index is 11.6. The summed E-state index contributed by atoms with van der Waals surface area (Å²) in [6, 6.07) is 4.67. The lowest BCUT2D eigenvalue weighted by Crippen LogP contribution is -2.13. The number of anilines is 1. The fraction of sp³-hybridized carbons (Fsp3) is 0.273. The molecule has 0 saturated heterocycles. The fourth-order valence-electron chi connectivity index (χ4n) is 1.13. The number of nitrogens with zero attached hydrogens (tertiary/aromatic N) is 1. The number of rotatable bonds is 2. The number of carbonyl (C=O) groups is 1. The van der Waals surface area contributed by atoms with Gasteiger partial charge in [-0.1, -0.05) is 11.6 Å². The van der Waals surface area contributed by atoms with Gasteiger partial charge in [-0.3, -0.25) is 0 Å². The number of ether oxygens (including phenoxy) is 1. The summed E-state index contributed by atoms with van der Waals surface area (Å²) in [5.74, 6) is -0.577. The van der Waals surface area contributed by atoms with E-state index in [1.807, 2.05) is 6.07 Å². The zero-order valence-electron chi connectivity index (χ0n) is 8.95. The molecule has 0 bridgehead atoms. The molecule has 0 aliphatic heterocycles. The van der Waals surface area contributed by atoms with Gasteiger partial charge < -0.3 is 10.5 Å². The minimum Gasteiger partial charge on any atom is -0.459 e. The first kappa shape index (κ1) is 12.3. The van der Waals surface area contributed by atoms with Crippen LogP contribution in [0, 0.1) is 11.3 Å². The highest BCUT2D eigenvalue weighted by atomic mass is 35.5. The number of hydrogen-bond acceptors (Lipinski definition) is 4. The third-order valence-electron chi connectivity index (χ3n) is 1.82. The fourth-order valence-corrected chi connectivity index (χ4v) is 1.35. The van der Waals surface area contributed by atoms with Gasteiger partial charge in [0.1, 0.15) is 0 Å². The second-order valence-electron chi connectivity index (χ2n) is 3.49. The molecule has 0 spiro atoms. The Labute approximate surface area is 98.6 Å². The van der Waals surface area contributed by atoms with Crippen LogP contribution >= 0.6 is 11.6 Å². The van der Waals surface area contributed by atoms with Gasteiger partial charge in [0.15, 0.2) is 0 Å².